The number of rotatable bonds is 19. The lowest BCUT2D eigenvalue weighted by Crippen LogP contribution is -2.57. The van der Waals surface area contributed by atoms with Crippen LogP contribution in [0.25, 0.3) is 0 Å². The van der Waals surface area contributed by atoms with Crippen molar-refractivity contribution in [3.8, 4) is 0 Å². The number of primary amides is 1. The number of carboxylic acid groups (broad SMARTS) is 1. The molecule has 1 rings (SSSR count). The molecule has 0 bridgehead atoms. The standard InChI is InChI=1S/C27H40N4O11/c1-4-17(27(41)30-18(24(28)38)10-11-21(35)36)14(2)29-25(39)15(3)42-23(22(37)20(34)13-33)19(12-32)31-26(40)16-8-6-5-7-9-16/h5-9,12,14-15,17-20,22-23,33-34,37H,4,10-11,13H2,1-3H3,(H2,28,38)(H,29,39)(H,30,41)(H,31,40)(H,35,36)/t14?,15?,17?,18?,19-,20+,22+,23+/m0/s1. The van der Waals surface area contributed by atoms with Crippen LogP contribution in [0.4, 0.5) is 0 Å². The lowest BCUT2D eigenvalue weighted by Gasteiger charge is -2.33. The number of carbonyl (C=O) groups excluding carboxylic acids is 5. The van der Waals surface area contributed by atoms with Crippen LogP contribution in [-0.4, -0.2) is 105 Å². The molecular formula is C27H40N4O11. The number of hydrogen-bond donors (Lipinski definition) is 8. The van der Waals surface area contributed by atoms with Crippen LogP contribution < -0.4 is 21.7 Å². The number of benzene rings is 1. The van der Waals surface area contributed by atoms with E-state index in [1.165, 1.54) is 26.0 Å². The maximum atomic E-state index is 13.0. The zero-order chi connectivity index (χ0) is 32.0. The average molecular weight is 597 g/mol. The van der Waals surface area contributed by atoms with E-state index in [1.54, 1.807) is 25.1 Å². The van der Waals surface area contributed by atoms with Gasteiger partial charge in [-0.2, -0.15) is 0 Å². The average Bonchev–Trinajstić information content (AvgIpc) is 2.96. The predicted molar refractivity (Wildman–Crippen MR) is 147 cm³/mol. The Bertz CT molecular complexity index is 1070. The number of hydrogen-bond acceptors (Lipinski definition) is 10. The Balaban J connectivity index is 3.01. The van der Waals surface area contributed by atoms with Crippen molar-refractivity contribution >= 4 is 35.9 Å². The molecule has 0 spiro atoms. The van der Waals surface area contributed by atoms with Crippen LogP contribution in [0.3, 0.4) is 0 Å². The Morgan fingerprint density at radius 1 is 1.00 bits per heavy atom. The molecule has 0 radical (unpaired) electrons. The van der Waals surface area contributed by atoms with Crippen molar-refractivity contribution in [1.82, 2.24) is 16.0 Å². The minimum Gasteiger partial charge on any atom is -0.481 e. The van der Waals surface area contributed by atoms with Gasteiger partial charge in [-0.3, -0.25) is 24.0 Å². The van der Waals surface area contributed by atoms with E-state index in [0.717, 1.165) is 0 Å². The molecular weight excluding hydrogens is 556 g/mol. The van der Waals surface area contributed by atoms with Crippen LogP contribution in [0, 0.1) is 5.92 Å². The molecule has 0 heterocycles. The predicted octanol–water partition coefficient (Wildman–Crippen LogP) is -2.16. The van der Waals surface area contributed by atoms with E-state index >= 15 is 0 Å². The molecule has 4 unspecified atom stereocenters. The Morgan fingerprint density at radius 3 is 2.12 bits per heavy atom. The molecule has 0 fully saturated rings. The van der Waals surface area contributed by atoms with Gasteiger partial charge in [0, 0.05) is 18.0 Å². The van der Waals surface area contributed by atoms with Gasteiger partial charge in [0.05, 0.1) is 12.5 Å². The van der Waals surface area contributed by atoms with Crippen LogP contribution in [-0.2, 0) is 28.7 Å². The van der Waals surface area contributed by atoms with Crippen LogP contribution in [0.2, 0.25) is 0 Å². The summed E-state index contributed by atoms with van der Waals surface area (Å²) < 4.78 is 5.62. The lowest BCUT2D eigenvalue weighted by molar-refractivity contribution is -0.156. The summed E-state index contributed by atoms with van der Waals surface area (Å²) in [6, 6.07) is 4.17. The van der Waals surface area contributed by atoms with Crippen molar-refractivity contribution in [3.05, 3.63) is 35.9 Å². The van der Waals surface area contributed by atoms with Gasteiger partial charge < -0.3 is 51.6 Å². The number of aliphatic hydroxyl groups is 3. The van der Waals surface area contributed by atoms with Gasteiger partial charge in [-0.25, -0.2) is 0 Å². The summed E-state index contributed by atoms with van der Waals surface area (Å²) in [4.78, 5) is 72.9. The quantitative estimate of drug-likeness (QED) is 0.0798. The number of carboxylic acids is 1. The normalized spacial score (nSPS) is 16.8. The molecule has 0 aromatic heterocycles. The first-order valence-corrected chi connectivity index (χ1v) is 13.3. The third-order valence-electron chi connectivity index (χ3n) is 6.54. The third-order valence-corrected chi connectivity index (χ3v) is 6.54. The van der Waals surface area contributed by atoms with Gasteiger partial charge in [-0.15, -0.1) is 0 Å². The molecule has 0 saturated heterocycles. The number of nitrogens with one attached hydrogen (secondary N) is 3. The summed E-state index contributed by atoms with van der Waals surface area (Å²) in [7, 11) is 0. The molecule has 234 valence electrons. The van der Waals surface area contributed by atoms with E-state index in [4.69, 9.17) is 15.6 Å². The number of nitrogens with two attached hydrogens (primary N) is 1. The van der Waals surface area contributed by atoms with Gasteiger partial charge in [0.15, 0.2) is 0 Å². The number of aliphatic carboxylic acids is 1. The maximum Gasteiger partial charge on any atom is 0.303 e. The minimum absolute atomic E-state index is 0.185. The second kappa shape index (κ2) is 17.8. The highest BCUT2D eigenvalue weighted by Gasteiger charge is 2.38. The fraction of sp³-hybridized carbons (Fsp3) is 0.556. The zero-order valence-electron chi connectivity index (χ0n) is 23.6. The highest BCUT2D eigenvalue weighted by Crippen LogP contribution is 2.15. The Labute approximate surface area is 242 Å². The fourth-order valence-corrected chi connectivity index (χ4v) is 4.06. The summed E-state index contributed by atoms with van der Waals surface area (Å²) >= 11 is 0. The van der Waals surface area contributed by atoms with Gasteiger partial charge in [-0.05, 0) is 38.8 Å². The van der Waals surface area contributed by atoms with Crippen LogP contribution >= 0.6 is 0 Å². The molecule has 15 nitrogen and oxygen atoms in total. The monoisotopic (exact) mass is 596 g/mol. The Morgan fingerprint density at radius 2 is 1.62 bits per heavy atom. The van der Waals surface area contributed by atoms with Crippen molar-refractivity contribution < 1.29 is 53.9 Å². The highest BCUT2D eigenvalue weighted by atomic mass is 16.5. The van der Waals surface area contributed by atoms with E-state index in [9.17, 15) is 44.1 Å². The molecule has 1 aromatic rings. The van der Waals surface area contributed by atoms with E-state index in [1.807, 2.05) is 0 Å². The first-order chi connectivity index (χ1) is 19.8. The first-order valence-electron chi connectivity index (χ1n) is 13.3. The van der Waals surface area contributed by atoms with Crippen LogP contribution in [0.5, 0.6) is 0 Å². The van der Waals surface area contributed by atoms with Crippen LogP contribution in [0.1, 0.15) is 50.4 Å². The molecule has 0 saturated carbocycles. The number of aldehydes is 1. The van der Waals surface area contributed by atoms with Crippen LogP contribution in [0.15, 0.2) is 30.3 Å². The summed E-state index contributed by atoms with van der Waals surface area (Å²) in [6.07, 6.45) is -6.93. The smallest absolute Gasteiger partial charge is 0.303 e. The van der Waals surface area contributed by atoms with Gasteiger partial charge in [-0.1, -0.05) is 25.1 Å². The maximum absolute atomic E-state index is 13.0. The number of carbonyl (C=O) groups is 6. The fourth-order valence-electron chi connectivity index (χ4n) is 4.06. The third kappa shape index (κ3) is 11.2. The van der Waals surface area contributed by atoms with Crippen molar-refractivity contribution in [3.63, 3.8) is 0 Å². The molecule has 0 aliphatic carbocycles. The van der Waals surface area contributed by atoms with E-state index in [-0.39, 0.29) is 24.7 Å². The van der Waals surface area contributed by atoms with Crippen molar-refractivity contribution in [1.29, 1.82) is 0 Å². The molecule has 4 amide bonds. The summed E-state index contributed by atoms with van der Waals surface area (Å²) in [5.41, 5.74) is 5.46. The molecule has 15 heteroatoms. The minimum atomic E-state index is -1.90. The molecule has 9 N–H and O–H groups in total. The molecule has 0 aliphatic heterocycles. The van der Waals surface area contributed by atoms with Crippen molar-refractivity contribution in [2.45, 2.75) is 82.6 Å². The molecule has 1 aromatic carbocycles. The van der Waals surface area contributed by atoms with Gasteiger partial charge in [0.25, 0.3) is 5.91 Å². The number of ether oxygens (including phenoxy) is 1. The SMILES string of the molecule is CCC(C(=O)NC(CCC(=O)O)C(N)=O)C(C)NC(=O)C(C)O[C@@H]([C@H](O)[C@H](O)CO)[C@H](C=O)NC(=O)c1ccccc1. The van der Waals surface area contributed by atoms with Gasteiger partial charge in [0.2, 0.25) is 17.7 Å². The highest BCUT2D eigenvalue weighted by molar-refractivity contribution is 5.95. The van der Waals surface area contributed by atoms with Gasteiger partial charge in [0.1, 0.15) is 42.8 Å². The summed E-state index contributed by atoms with van der Waals surface area (Å²) in [5.74, 6) is -5.12. The number of amides is 4. The lowest BCUT2D eigenvalue weighted by atomic mass is 9.96. The summed E-state index contributed by atoms with van der Waals surface area (Å²) in [5, 5.41) is 46.1. The van der Waals surface area contributed by atoms with Crippen molar-refractivity contribution in [2.24, 2.45) is 11.7 Å². The van der Waals surface area contributed by atoms with E-state index in [0.29, 0.717) is 0 Å². The van der Waals surface area contributed by atoms with Crippen molar-refractivity contribution in [2.75, 3.05) is 6.61 Å². The molecule has 0 aliphatic rings. The first kappa shape index (κ1) is 36.1. The zero-order valence-corrected chi connectivity index (χ0v) is 23.6. The second-order valence-electron chi connectivity index (χ2n) is 9.69. The van der Waals surface area contributed by atoms with Gasteiger partial charge >= 0.3 is 5.97 Å². The second-order valence-corrected chi connectivity index (χ2v) is 9.69. The topological polar surface area (TPSA) is 255 Å². The Hall–Kier alpha value is -3.92. The summed E-state index contributed by atoms with van der Waals surface area (Å²) in [6.45, 7) is 3.51. The largest absolute Gasteiger partial charge is 0.481 e. The number of aliphatic hydroxyl groups excluding tert-OH is 3. The molecule has 8 atom stereocenters. The van der Waals surface area contributed by atoms with E-state index in [2.05, 4.69) is 16.0 Å². The van der Waals surface area contributed by atoms with E-state index < -0.39 is 91.1 Å². The Kier molecular flexibility index (Phi) is 15.3. The molecule has 42 heavy (non-hydrogen) atoms.